The van der Waals surface area contributed by atoms with Crippen LogP contribution in [0, 0.1) is 13.8 Å². The van der Waals surface area contributed by atoms with Gasteiger partial charge < -0.3 is 9.31 Å². The van der Waals surface area contributed by atoms with Crippen LogP contribution in [0.2, 0.25) is 0 Å². The summed E-state index contributed by atoms with van der Waals surface area (Å²) in [7, 11) is -4.21. The Morgan fingerprint density at radius 2 is 1.59 bits per heavy atom. The van der Waals surface area contributed by atoms with Gasteiger partial charge in [-0.2, -0.15) is 9.19 Å². The van der Waals surface area contributed by atoms with Gasteiger partial charge in [0.05, 0.1) is 28.3 Å². The minimum absolute atomic E-state index is 0.0121. The van der Waals surface area contributed by atoms with Gasteiger partial charge in [0.15, 0.2) is 0 Å². The predicted molar refractivity (Wildman–Crippen MR) is 107 cm³/mol. The fraction of sp³-hybridized carbons (Fsp3) is 0.526. The lowest BCUT2D eigenvalue weighted by molar-refractivity contribution is 0.00578. The summed E-state index contributed by atoms with van der Waals surface area (Å²) in [5.74, 6) is -0.0121. The summed E-state index contributed by atoms with van der Waals surface area (Å²) in [5.41, 5.74) is 1.83. The molecule has 2 heterocycles. The number of nitrogens with zero attached hydrogens (tertiary/aromatic N) is 2. The van der Waals surface area contributed by atoms with Crippen LogP contribution in [0.1, 0.15) is 44.6 Å². The topological polar surface area (TPSA) is 70.4 Å². The molecule has 0 N–H and O–H groups in total. The summed E-state index contributed by atoms with van der Waals surface area (Å²) in [6, 6.07) is 9.57. The molecule has 0 spiro atoms. The first-order valence-electron chi connectivity index (χ1n) is 9.13. The van der Waals surface area contributed by atoms with Crippen molar-refractivity contribution in [2.75, 3.05) is 5.75 Å². The van der Waals surface area contributed by atoms with Gasteiger partial charge in [-0.15, -0.1) is 0 Å². The Morgan fingerprint density at radius 1 is 1.04 bits per heavy atom. The molecule has 0 amide bonds. The van der Waals surface area contributed by atoms with Crippen LogP contribution in [0.3, 0.4) is 0 Å². The van der Waals surface area contributed by atoms with Crippen LogP contribution in [0.5, 0.6) is 0 Å². The van der Waals surface area contributed by atoms with Crippen LogP contribution in [-0.4, -0.2) is 41.7 Å². The van der Waals surface area contributed by atoms with Gasteiger partial charge in [0.25, 0.3) is 10.0 Å². The van der Waals surface area contributed by atoms with Gasteiger partial charge in [-0.1, -0.05) is 30.3 Å². The second-order valence-electron chi connectivity index (χ2n) is 8.07. The lowest BCUT2D eigenvalue weighted by Crippen LogP contribution is -2.41. The van der Waals surface area contributed by atoms with Crippen LogP contribution in [-0.2, 0) is 25.8 Å². The van der Waals surface area contributed by atoms with E-state index in [1.54, 1.807) is 13.8 Å². The quantitative estimate of drug-likeness (QED) is 0.733. The minimum atomic E-state index is -3.58. The zero-order chi connectivity index (χ0) is 20.0. The molecule has 0 atom stereocenters. The van der Waals surface area contributed by atoms with Gasteiger partial charge in [-0.3, -0.25) is 0 Å². The number of hydrogen-bond acceptors (Lipinski definition) is 5. The van der Waals surface area contributed by atoms with Gasteiger partial charge in [-0.05, 0) is 53.5 Å². The molecule has 1 aliphatic heterocycles. The molecule has 6 nitrogen and oxygen atoms in total. The van der Waals surface area contributed by atoms with E-state index in [0.717, 1.165) is 9.65 Å². The van der Waals surface area contributed by atoms with Crippen molar-refractivity contribution in [3.8, 4) is 0 Å². The number of rotatable bonds is 5. The van der Waals surface area contributed by atoms with Crippen molar-refractivity contribution in [2.24, 2.45) is 0 Å². The zero-order valence-corrected chi connectivity index (χ0v) is 17.6. The van der Waals surface area contributed by atoms with Crippen LogP contribution < -0.4 is 5.46 Å². The summed E-state index contributed by atoms with van der Waals surface area (Å²) in [6.07, 6.45) is 0.438. The SMILES string of the molecule is Cc1nn(S(=O)(=O)CCc2ccccc2)c(C)c1B1OC(C)(C)C(C)(C)O1. The molecule has 0 unspecified atom stereocenters. The van der Waals surface area contributed by atoms with Crippen LogP contribution >= 0.6 is 0 Å². The van der Waals surface area contributed by atoms with Gasteiger partial charge in [0, 0.05) is 5.46 Å². The molecular weight excluding hydrogens is 363 g/mol. The van der Waals surface area contributed by atoms with Gasteiger partial charge in [0.2, 0.25) is 0 Å². The third kappa shape index (κ3) is 3.70. The predicted octanol–water partition coefficient (Wildman–Crippen LogP) is 2.22. The first kappa shape index (κ1) is 20.1. The van der Waals surface area contributed by atoms with E-state index in [9.17, 15) is 8.42 Å². The maximum Gasteiger partial charge on any atom is 0.498 e. The largest absolute Gasteiger partial charge is 0.498 e. The number of benzene rings is 1. The van der Waals surface area contributed by atoms with Gasteiger partial charge in [-0.25, -0.2) is 8.42 Å². The summed E-state index contributed by atoms with van der Waals surface area (Å²) in [5, 5.41) is 4.30. The molecule has 3 rings (SSSR count). The number of aromatic nitrogens is 2. The fourth-order valence-corrected chi connectivity index (χ4v) is 4.61. The summed E-state index contributed by atoms with van der Waals surface area (Å²) < 4.78 is 39.1. The van der Waals surface area contributed by atoms with E-state index in [0.29, 0.717) is 23.3 Å². The highest BCUT2D eigenvalue weighted by Crippen LogP contribution is 2.37. The minimum Gasteiger partial charge on any atom is -0.399 e. The van der Waals surface area contributed by atoms with Crippen LogP contribution in [0.4, 0.5) is 0 Å². The average Bonchev–Trinajstić information content (AvgIpc) is 2.99. The second-order valence-corrected chi connectivity index (χ2v) is 9.99. The van der Waals surface area contributed by atoms with Crippen molar-refractivity contribution < 1.29 is 17.7 Å². The summed E-state index contributed by atoms with van der Waals surface area (Å²) in [4.78, 5) is 0. The van der Waals surface area contributed by atoms with Crippen molar-refractivity contribution in [2.45, 2.75) is 59.2 Å². The van der Waals surface area contributed by atoms with Crippen LogP contribution in [0.25, 0.3) is 0 Å². The van der Waals surface area contributed by atoms with E-state index in [4.69, 9.17) is 9.31 Å². The monoisotopic (exact) mass is 390 g/mol. The summed E-state index contributed by atoms with van der Waals surface area (Å²) >= 11 is 0. The fourth-order valence-electron chi connectivity index (χ4n) is 3.18. The molecule has 146 valence electrons. The molecule has 1 aromatic carbocycles. The van der Waals surface area contributed by atoms with E-state index in [-0.39, 0.29) is 5.75 Å². The molecule has 2 aromatic rings. The molecule has 1 fully saturated rings. The smallest absolute Gasteiger partial charge is 0.399 e. The van der Waals surface area contributed by atoms with E-state index in [1.165, 1.54) is 0 Å². The highest BCUT2D eigenvalue weighted by atomic mass is 32.2. The average molecular weight is 390 g/mol. The molecule has 1 aliphatic rings. The van der Waals surface area contributed by atoms with Crippen molar-refractivity contribution in [1.82, 2.24) is 9.19 Å². The maximum absolute atomic E-state index is 12.9. The van der Waals surface area contributed by atoms with Crippen molar-refractivity contribution in [3.63, 3.8) is 0 Å². The molecule has 8 heteroatoms. The Hall–Kier alpha value is -1.64. The molecule has 0 aliphatic carbocycles. The van der Waals surface area contributed by atoms with Crippen molar-refractivity contribution in [3.05, 3.63) is 47.3 Å². The number of hydrogen-bond donors (Lipinski definition) is 0. The highest BCUT2D eigenvalue weighted by Gasteiger charge is 2.53. The Morgan fingerprint density at radius 3 is 2.15 bits per heavy atom. The molecular formula is C19H27BN2O4S. The van der Waals surface area contributed by atoms with Gasteiger partial charge >= 0.3 is 7.12 Å². The maximum atomic E-state index is 12.9. The molecule has 1 saturated heterocycles. The van der Waals surface area contributed by atoms with Gasteiger partial charge in [0.1, 0.15) is 0 Å². The van der Waals surface area contributed by atoms with Crippen LogP contribution in [0.15, 0.2) is 30.3 Å². The molecule has 0 bridgehead atoms. The summed E-state index contributed by atoms with van der Waals surface area (Å²) in [6.45, 7) is 11.4. The molecule has 0 radical (unpaired) electrons. The van der Waals surface area contributed by atoms with E-state index in [1.807, 2.05) is 58.0 Å². The van der Waals surface area contributed by atoms with Crippen molar-refractivity contribution in [1.29, 1.82) is 0 Å². The standard InChI is InChI=1S/C19H27BN2O4S/c1-14-17(20-25-18(3,4)19(5,6)26-20)15(2)22(21-14)27(23,24)13-12-16-10-8-7-9-11-16/h7-11H,12-13H2,1-6H3. The molecule has 0 saturated carbocycles. The van der Waals surface area contributed by atoms with E-state index >= 15 is 0 Å². The zero-order valence-electron chi connectivity index (χ0n) is 16.8. The van der Waals surface area contributed by atoms with Crippen molar-refractivity contribution >= 4 is 22.6 Å². The lowest BCUT2D eigenvalue weighted by Gasteiger charge is -2.32. The Bertz CT molecular complexity index is 920. The normalized spacial score (nSPS) is 18.8. The Balaban J connectivity index is 1.87. The first-order chi connectivity index (χ1) is 12.4. The van der Waals surface area contributed by atoms with E-state index < -0.39 is 28.3 Å². The third-order valence-corrected chi connectivity index (χ3v) is 7.15. The Labute approximate surface area is 162 Å². The second kappa shape index (κ2) is 6.76. The molecule has 1 aromatic heterocycles. The number of aryl methyl sites for hydroxylation is 2. The highest BCUT2D eigenvalue weighted by molar-refractivity contribution is 7.89. The third-order valence-electron chi connectivity index (χ3n) is 5.55. The van der Waals surface area contributed by atoms with E-state index in [2.05, 4.69) is 5.10 Å². The molecule has 27 heavy (non-hydrogen) atoms. The first-order valence-corrected chi connectivity index (χ1v) is 10.7. The Kier molecular flexibility index (Phi) is 5.03. The lowest BCUT2D eigenvalue weighted by atomic mass is 9.77.